The summed E-state index contributed by atoms with van der Waals surface area (Å²) in [5, 5.41) is 0. The quantitative estimate of drug-likeness (QED) is 0.559. The second-order valence-corrected chi connectivity index (χ2v) is 1.92. The summed E-state index contributed by atoms with van der Waals surface area (Å²) in [6.07, 6.45) is 0. The van der Waals surface area contributed by atoms with Crippen LogP contribution in [0.15, 0.2) is 60.7 Å². The Morgan fingerprint density at radius 1 is 0.545 bits per heavy atom. The molecule has 0 atom stereocenters. The van der Waals surface area contributed by atoms with Crippen LogP contribution in [0.4, 0.5) is 0 Å². The van der Waals surface area contributed by atoms with E-state index in [1.165, 1.54) is 0 Å². The summed E-state index contributed by atoms with van der Waals surface area (Å²) in [5.74, 6) is 0. The number of rotatable bonds is 0. The van der Waals surface area contributed by atoms with Gasteiger partial charge in [-0.25, -0.2) is 24.3 Å². The minimum absolute atomic E-state index is 0. The van der Waals surface area contributed by atoms with Crippen molar-refractivity contribution in [2.45, 2.75) is 0 Å². The van der Waals surface area contributed by atoms with Gasteiger partial charge in [0.1, 0.15) is 0 Å². The molecule has 0 unspecified atom stereocenters. The minimum Gasteiger partial charge on any atom is -0.214 e. The smallest absolute Gasteiger partial charge is 0.214 e. The van der Waals surface area contributed by atoms with Gasteiger partial charge in [0, 0.05) is 0 Å². The van der Waals surface area contributed by atoms with Gasteiger partial charge in [-0.1, -0.05) is 0 Å². The van der Waals surface area contributed by atoms with E-state index in [1.54, 1.807) is 0 Å². The average Bonchev–Trinajstić information content (AvgIpc) is 2.67. The summed E-state index contributed by atoms with van der Waals surface area (Å²) in [6, 6.07) is 20.0. The molecule has 58 valence electrons. The Morgan fingerprint density at radius 3 is 0.909 bits per heavy atom. The Morgan fingerprint density at radius 2 is 0.818 bits per heavy atom. The Bertz CT molecular complexity index is 144. The average molecular weight is 189 g/mol. The third-order valence-corrected chi connectivity index (χ3v) is 1.11. The topological polar surface area (TPSA) is 0 Å². The van der Waals surface area contributed by atoms with Crippen molar-refractivity contribution in [3.63, 3.8) is 0 Å². The maximum Gasteiger partial charge on any atom is 3.00 e. The number of hydrogen-bond acceptors (Lipinski definition) is 0. The molecule has 0 N–H and O–H groups in total. The molecule has 0 saturated heterocycles. The SMILES string of the molecule is [Co+3].c1cc[cH-]c1.c1cc[cH-]c1. The monoisotopic (exact) mass is 189 g/mol. The van der Waals surface area contributed by atoms with Crippen molar-refractivity contribution in [3.05, 3.63) is 60.7 Å². The fourth-order valence-corrected chi connectivity index (χ4v) is 0.642. The van der Waals surface area contributed by atoms with E-state index >= 15 is 0 Å². The Hall–Kier alpha value is -0.794. The van der Waals surface area contributed by atoms with Crippen molar-refractivity contribution in [3.8, 4) is 0 Å². The third kappa shape index (κ3) is 5.64. The van der Waals surface area contributed by atoms with Crippen LogP contribution < -0.4 is 0 Å². The first kappa shape index (κ1) is 10.2. The molecule has 0 aliphatic heterocycles. The second-order valence-electron chi connectivity index (χ2n) is 1.92. The maximum atomic E-state index is 2.00. The van der Waals surface area contributed by atoms with Gasteiger partial charge in [-0.2, -0.15) is 36.4 Å². The van der Waals surface area contributed by atoms with E-state index < -0.39 is 0 Å². The Balaban J connectivity index is 0.000000167. The Kier molecular flexibility index (Phi) is 6.79. The van der Waals surface area contributed by atoms with Crippen molar-refractivity contribution in [1.82, 2.24) is 0 Å². The van der Waals surface area contributed by atoms with E-state index in [9.17, 15) is 0 Å². The molecule has 0 aromatic heterocycles. The van der Waals surface area contributed by atoms with Crippen LogP contribution in [0.5, 0.6) is 0 Å². The fourth-order valence-electron chi connectivity index (χ4n) is 0.642. The zero-order chi connectivity index (χ0) is 7.07. The summed E-state index contributed by atoms with van der Waals surface area (Å²) in [7, 11) is 0. The van der Waals surface area contributed by atoms with Gasteiger partial charge in [-0.05, 0) is 0 Å². The molecule has 2 aromatic carbocycles. The Labute approximate surface area is 77.8 Å². The van der Waals surface area contributed by atoms with Crippen molar-refractivity contribution >= 4 is 0 Å². The molecule has 2 rings (SSSR count). The third-order valence-electron chi connectivity index (χ3n) is 1.11. The zero-order valence-electron chi connectivity index (χ0n) is 6.11. The molecule has 0 saturated carbocycles. The first-order valence-corrected chi connectivity index (χ1v) is 3.33. The van der Waals surface area contributed by atoms with Gasteiger partial charge in [-0.15, -0.1) is 0 Å². The molecule has 0 spiro atoms. The van der Waals surface area contributed by atoms with E-state index in [-0.39, 0.29) is 16.8 Å². The van der Waals surface area contributed by atoms with Crippen LogP contribution in [0.25, 0.3) is 0 Å². The van der Waals surface area contributed by atoms with Crippen LogP contribution >= 0.6 is 0 Å². The summed E-state index contributed by atoms with van der Waals surface area (Å²) >= 11 is 0. The summed E-state index contributed by atoms with van der Waals surface area (Å²) in [4.78, 5) is 0. The van der Waals surface area contributed by atoms with Gasteiger partial charge >= 0.3 is 16.8 Å². The van der Waals surface area contributed by atoms with Crippen LogP contribution in [0, 0.1) is 0 Å². The molecule has 11 heavy (non-hydrogen) atoms. The van der Waals surface area contributed by atoms with Gasteiger partial charge in [0.2, 0.25) is 0 Å². The molecule has 0 heterocycles. The maximum absolute atomic E-state index is 2.00. The summed E-state index contributed by atoms with van der Waals surface area (Å²) in [6.45, 7) is 0. The van der Waals surface area contributed by atoms with E-state index in [4.69, 9.17) is 0 Å². The van der Waals surface area contributed by atoms with E-state index in [2.05, 4.69) is 0 Å². The summed E-state index contributed by atoms with van der Waals surface area (Å²) < 4.78 is 0. The molecular weight excluding hydrogens is 179 g/mol. The van der Waals surface area contributed by atoms with E-state index in [0.717, 1.165) is 0 Å². The minimum atomic E-state index is 0. The van der Waals surface area contributed by atoms with Gasteiger partial charge in [0.05, 0.1) is 0 Å². The van der Waals surface area contributed by atoms with Gasteiger partial charge in [-0.3, -0.25) is 0 Å². The van der Waals surface area contributed by atoms with Gasteiger partial charge in [0.25, 0.3) is 0 Å². The molecule has 0 fully saturated rings. The molecular formula is C10H10Co+. The van der Waals surface area contributed by atoms with Gasteiger partial charge < -0.3 is 0 Å². The molecule has 0 nitrogen and oxygen atoms in total. The molecule has 0 bridgehead atoms. The second kappa shape index (κ2) is 7.32. The van der Waals surface area contributed by atoms with Crippen LogP contribution in [0.2, 0.25) is 0 Å². The molecule has 1 heteroatoms. The molecule has 2 aromatic rings. The van der Waals surface area contributed by atoms with Crippen molar-refractivity contribution in [2.24, 2.45) is 0 Å². The molecule has 0 radical (unpaired) electrons. The predicted octanol–water partition coefficient (Wildman–Crippen LogP) is 2.81. The van der Waals surface area contributed by atoms with E-state index in [1.807, 2.05) is 60.7 Å². The van der Waals surface area contributed by atoms with Crippen molar-refractivity contribution < 1.29 is 16.8 Å². The first-order valence-electron chi connectivity index (χ1n) is 3.33. The largest absolute Gasteiger partial charge is 3.00 e. The van der Waals surface area contributed by atoms with Crippen molar-refractivity contribution in [1.29, 1.82) is 0 Å². The normalized spacial score (nSPS) is 7.27. The standard InChI is InChI=1S/2C5H5.Co/c2*1-2-4-5-3-1;/h2*1-5H;/q2*-1;+3. The first-order chi connectivity index (χ1) is 5.00. The molecule has 0 aliphatic carbocycles. The van der Waals surface area contributed by atoms with Crippen molar-refractivity contribution in [2.75, 3.05) is 0 Å². The van der Waals surface area contributed by atoms with Crippen LogP contribution in [0.1, 0.15) is 0 Å². The molecule has 0 aliphatic rings. The molecule has 0 amide bonds. The van der Waals surface area contributed by atoms with Crippen LogP contribution in [-0.2, 0) is 16.8 Å². The number of hydrogen-bond donors (Lipinski definition) is 0. The zero-order valence-corrected chi connectivity index (χ0v) is 7.15. The van der Waals surface area contributed by atoms with E-state index in [0.29, 0.717) is 0 Å². The van der Waals surface area contributed by atoms with Gasteiger partial charge in [0.15, 0.2) is 0 Å². The summed E-state index contributed by atoms with van der Waals surface area (Å²) in [5.41, 5.74) is 0. The predicted molar refractivity (Wildman–Crippen MR) is 44.1 cm³/mol. The van der Waals surface area contributed by atoms with Crippen LogP contribution in [0.3, 0.4) is 0 Å². The fraction of sp³-hybridized carbons (Fsp3) is 0. The van der Waals surface area contributed by atoms with Crippen LogP contribution in [-0.4, -0.2) is 0 Å².